The average Bonchev–Trinajstić information content (AvgIpc) is 3.52. The van der Waals surface area contributed by atoms with Crippen molar-refractivity contribution in [2.24, 2.45) is 0 Å². The van der Waals surface area contributed by atoms with Crippen LogP contribution in [-0.4, -0.2) is 96.5 Å². The first-order chi connectivity index (χ1) is 16.9. The highest BCUT2D eigenvalue weighted by molar-refractivity contribution is 7.91. The second-order valence-electron chi connectivity index (χ2n) is 9.07. The smallest absolute Gasteiger partial charge is 0.254 e. The summed E-state index contributed by atoms with van der Waals surface area (Å²) in [4.78, 5) is 15.4. The molecular formula is C23H30FN7O2S2. The Bertz CT molecular complexity index is 1230. The highest BCUT2D eigenvalue weighted by atomic mass is 32.2. The normalized spacial score (nSPS) is 18.9. The molecule has 0 radical (unpaired) electrons. The molecule has 1 aromatic carbocycles. The molecule has 188 valence electrons. The fourth-order valence-corrected chi connectivity index (χ4v) is 7.15. The lowest BCUT2D eigenvalue weighted by Crippen LogP contribution is -2.48. The maximum absolute atomic E-state index is 13.3. The van der Waals surface area contributed by atoms with Crippen LogP contribution in [0.25, 0.3) is 0 Å². The molecule has 0 bridgehead atoms. The number of imidazole rings is 1. The van der Waals surface area contributed by atoms with Crippen LogP contribution in [-0.2, 0) is 23.1 Å². The summed E-state index contributed by atoms with van der Waals surface area (Å²) in [6.07, 6.45) is 5.12. The van der Waals surface area contributed by atoms with Gasteiger partial charge in [-0.15, -0.1) is 0 Å². The molecule has 2 aromatic heterocycles. The SMILES string of the molecule is CN1CCN(c2ncc(S(=O)(=O)N3CCN(Cc4cncn4Cc4ccc(F)cc4)CC3)s2)CC1. The second-order valence-corrected chi connectivity index (χ2v) is 12.2. The van der Waals surface area contributed by atoms with Gasteiger partial charge in [0.15, 0.2) is 9.34 Å². The number of piperazine rings is 2. The first-order valence-electron chi connectivity index (χ1n) is 11.7. The second kappa shape index (κ2) is 10.3. The van der Waals surface area contributed by atoms with Gasteiger partial charge in [-0.2, -0.15) is 4.31 Å². The zero-order valence-electron chi connectivity index (χ0n) is 19.8. The molecule has 0 saturated carbocycles. The summed E-state index contributed by atoms with van der Waals surface area (Å²) in [7, 11) is -1.46. The van der Waals surface area contributed by atoms with Crippen molar-refractivity contribution < 1.29 is 12.8 Å². The Morgan fingerprint density at radius 3 is 2.37 bits per heavy atom. The Hall–Kier alpha value is -2.38. The van der Waals surface area contributed by atoms with Crippen LogP contribution in [0.2, 0.25) is 0 Å². The molecule has 4 heterocycles. The van der Waals surface area contributed by atoms with E-state index >= 15 is 0 Å². The molecule has 0 unspecified atom stereocenters. The first-order valence-corrected chi connectivity index (χ1v) is 14.0. The van der Waals surface area contributed by atoms with Crippen molar-refractivity contribution in [2.75, 3.05) is 64.3 Å². The summed E-state index contributed by atoms with van der Waals surface area (Å²) >= 11 is 1.27. The van der Waals surface area contributed by atoms with Gasteiger partial charge in [0.2, 0.25) is 0 Å². The third-order valence-corrected chi connectivity index (χ3v) is 10.0. The molecule has 3 aromatic rings. The van der Waals surface area contributed by atoms with Crippen LogP contribution in [0.1, 0.15) is 11.3 Å². The molecular weight excluding hydrogens is 489 g/mol. The molecule has 2 aliphatic rings. The Morgan fingerprint density at radius 1 is 0.943 bits per heavy atom. The van der Waals surface area contributed by atoms with Gasteiger partial charge in [0.1, 0.15) is 5.82 Å². The van der Waals surface area contributed by atoms with Crippen LogP contribution in [0.3, 0.4) is 0 Å². The standard InChI is InChI=1S/C23H30FN7O2S2/c1-27-6-10-29(11-7-27)23-26-15-22(34-23)35(32,33)31-12-8-28(9-13-31)17-21-14-25-18-30(21)16-19-2-4-20(24)5-3-19/h2-5,14-15,18H,6-13,16-17H2,1H3. The number of benzene rings is 1. The van der Waals surface area contributed by atoms with E-state index < -0.39 is 10.0 Å². The molecule has 2 aliphatic heterocycles. The van der Waals surface area contributed by atoms with E-state index in [4.69, 9.17) is 0 Å². The summed E-state index contributed by atoms with van der Waals surface area (Å²) in [5.41, 5.74) is 2.05. The number of hydrogen-bond donors (Lipinski definition) is 0. The van der Waals surface area contributed by atoms with E-state index in [0.29, 0.717) is 43.5 Å². The number of hydrogen-bond acceptors (Lipinski definition) is 8. The Labute approximate surface area is 209 Å². The summed E-state index contributed by atoms with van der Waals surface area (Å²) in [6, 6.07) is 6.47. The summed E-state index contributed by atoms with van der Waals surface area (Å²) < 4.78 is 43.6. The van der Waals surface area contributed by atoms with Crippen molar-refractivity contribution in [3.63, 3.8) is 0 Å². The lowest BCUT2D eigenvalue weighted by atomic mass is 10.2. The van der Waals surface area contributed by atoms with Gasteiger partial charge in [0, 0.05) is 71.6 Å². The molecule has 0 aliphatic carbocycles. The van der Waals surface area contributed by atoms with Gasteiger partial charge in [0.25, 0.3) is 10.0 Å². The van der Waals surface area contributed by atoms with Crippen molar-refractivity contribution in [1.29, 1.82) is 0 Å². The molecule has 12 heteroatoms. The summed E-state index contributed by atoms with van der Waals surface area (Å²) in [5.74, 6) is -0.249. The van der Waals surface area contributed by atoms with Gasteiger partial charge >= 0.3 is 0 Å². The minimum atomic E-state index is -3.55. The van der Waals surface area contributed by atoms with Crippen LogP contribution < -0.4 is 4.90 Å². The Balaban J connectivity index is 1.17. The third-order valence-electron chi connectivity index (χ3n) is 6.62. The highest BCUT2D eigenvalue weighted by Crippen LogP contribution is 2.29. The van der Waals surface area contributed by atoms with Gasteiger partial charge in [-0.05, 0) is 24.7 Å². The van der Waals surface area contributed by atoms with Crippen molar-refractivity contribution in [3.8, 4) is 0 Å². The monoisotopic (exact) mass is 519 g/mol. The lowest BCUT2D eigenvalue weighted by Gasteiger charge is -2.33. The van der Waals surface area contributed by atoms with E-state index in [1.54, 1.807) is 22.8 Å². The molecule has 0 atom stereocenters. The molecule has 2 fully saturated rings. The molecule has 0 spiro atoms. The minimum Gasteiger partial charge on any atom is -0.345 e. The predicted molar refractivity (Wildman–Crippen MR) is 134 cm³/mol. The summed E-state index contributed by atoms with van der Waals surface area (Å²) in [5, 5.41) is 0.782. The number of halogens is 1. The first kappa shape index (κ1) is 24.3. The van der Waals surface area contributed by atoms with E-state index in [0.717, 1.165) is 42.6 Å². The number of thiazole rings is 1. The van der Waals surface area contributed by atoms with Crippen LogP contribution in [0.4, 0.5) is 9.52 Å². The number of rotatable bonds is 7. The van der Waals surface area contributed by atoms with E-state index in [-0.39, 0.29) is 5.82 Å². The van der Waals surface area contributed by atoms with Crippen LogP contribution in [0.15, 0.2) is 47.2 Å². The summed E-state index contributed by atoms with van der Waals surface area (Å²) in [6.45, 7) is 7.09. The van der Waals surface area contributed by atoms with Crippen molar-refractivity contribution >= 4 is 26.5 Å². The van der Waals surface area contributed by atoms with Crippen molar-refractivity contribution in [3.05, 3.63) is 60.1 Å². The van der Waals surface area contributed by atoms with Crippen molar-refractivity contribution in [1.82, 2.24) is 28.6 Å². The van der Waals surface area contributed by atoms with E-state index in [1.807, 2.05) is 10.8 Å². The van der Waals surface area contributed by atoms with Gasteiger partial charge in [-0.3, -0.25) is 4.90 Å². The van der Waals surface area contributed by atoms with Gasteiger partial charge in [0.05, 0.1) is 18.2 Å². The van der Waals surface area contributed by atoms with Gasteiger partial charge in [-0.25, -0.2) is 22.8 Å². The molecule has 2 saturated heterocycles. The number of aromatic nitrogens is 3. The third kappa shape index (κ3) is 5.56. The number of sulfonamides is 1. The van der Waals surface area contributed by atoms with E-state index in [9.17, 15) is 12.8 Å². The molecule has 0 N–H and O–H groups in total. The fourth-order valence-electron chi connectivity index (χ4n) is 4.41. The molecule has 9 nitrogen and oxygen atoms in total. The number of likely N-dealkylation sites (N-methyl/N-ethyl adjacent to an activating group) is 1. The average molecular weight is 520 g/mol. The maximum atomic E-state index is 13.3. The van der Waals surface area contributed by atoms with Crippen LogP contribution in [0, 0.1) is 5.82 Å². The Kier molecular flexibility index (Phi) is 7.17. The van der Waals surface area contributed by atoms with Gasteiger partial charge < -0.3 is 14.4 Å². The van der Waals surface area contributed by atoms with Crippen LogP contribution >= 0.6 is 11.3 Å². The largest absolute Gasteiger partial charge is 0.345 e. The highest BCUT2D eigenvalue weighted by Gasteiger charge is 2.31. The van der Waals surface area contributed by atoms with Gasteiger partial charge in [-0.1, -0.05) is 23.5 Å². The van der Waals surface area contributed by atoms with E-state index in [2.05, 4.69) is 31.7 Å². The number of nitrogens with zero attached hydrogens (tertiary/aromatic N) is 7. The lowest BCUT2D eigenvalue weighted by molar-refractivity contribution is 0.178. The maximum Gasteiger partial charge on any atom is 0.254 e. The minimum absolute atomic E-state index is 0.249. The molecule has 5 rings (SSSR count). The fraction of sp³-hybridized carbons (Fsp3) is 0.478. The quantitative estimate of drug-likeness (QED) is 0.471. The molecule has 0 amide bonds. The Morgan fingerprint density at radius 2 is 1.66 bits per heavy atom. The topological polar surface area (TPSA) is 77.8 Å². The zero-order chi connectivity index (χ0) is 24.4. The molecule has 35 heavy (non-hydrogen) atoms. The van der Waals surface area contributed by atoms with E-state index in [1.165, 1.54) is 29.7 Å². The number of anilines is 1. The zero-order valence-corrected chi connectivity index (χ0v) is 21.4. The van der Waals surface area contributed by atoms with Crippen molar-refractivity contribution in [2.45, 2.75) is 17.3 Å². The predicted octanol–water partition coefficient (Wildman–Crippen LogP) is 1.79. The van der Waals surface area contributed by atoms with Crippen LogP contribution in [0.5, 0.6) is 0 Å².